The highest BCUT2D eigenvalue weighted by atomic mass is 35.6. The van der Waals surface area contributed by atoms with E-state index in [-0.39, 0.29) is 0 Å². The molecule has 446 valence electrons. The van der Waals surface area contributed by atoms with Crippen molar-refractivity contribution in [3.8, 4) is 0 Å². The van der Waals surface area contributed by atoms with Crippen molar-refractivity contribution in [3.05, 3.63) is 0 Å². The predicted octanol–water partition coefficient (Wildman–Crippen LogP) is 1.66. The van der Waals surface area contributed by atoms with Gasteiger partial charge in [0, 0.05) is 75.2 Å². The smallest absolute Gasteiger partial charge is 0.303 e. The summed E-state index contributed by atoms with van der Waals surface area (Å²) < 4.78 is 104. The number of hydrogen-bond acceptors (Lipinski definition) is 29. The van der Waals surface area contributed by atoms with Crippen LogP contribution < -0.4 is 0 Å². The van der Waals surface area contributed by atoms with Crippen LogP contribution in [0.2, 0.25) is 0 Å². The number of halogens is 3. The molecule has 29 nitrogen and oxygen atoms in total. The van der Waals surface area contributed by atoms with Crippen LogP contribution in [-0.2, 0) is 133 Å². The summed E-state index contributed by atoms with van der Waals surface area (Å²) in [5, 5.41) is 8.47. The number of ether oxygens (including phenoxy) is 18. The van der Waals surface area contributed by atoms with Crippen molar-refractivity contribution in [2.45, 2.75) is 211 Å². The first kappa shape index (κ1) is 66.3. The summed E-state index contributed by atoms with van der Waals surface area (Å²) in [7, 11) is 0. The van der Waals surface area contributed by atoms with Crippen LogP contribution in [0.5, 0.6) is 0 Å². The maximum Gasteiger partial charge on any atom is 0.303 e. The fraction of sp³-hybridized carbons (Fsp3) is 0.766. The van der Waals surface area contributed by atoms with Gasteiger partial charge in [-0.25, -0.2) is 0 Å². The molecule has 4 aliphatic rings. The van der Waals surface area contributed by atoms with E-state index in [9.17, 15) is 47.9 Å². The quantitative estimate of drug-likeness (QED) is 0.0632. The molecule has 79 heavy (non-hydrogen) atoms. The largest absolute Gasteiger partial charge is 0.463 e. The molecule has 4 saturated heterocycles. The van der Waals surface area contributed by atoms with Crippen LogP contribution >= 0.6 is 34.8 Å². The van der Waals surface area contributed by atoms with Gasteiger partial charge >= 0.3 is 59.7 Å². The van der Waals surface area contributed by atoms with E-state index in [0.29, 0.717) is 0 Å². The monoisotopic (exact) mass is 1200 g/mol. The number of rotatable bonds is 19. The lowest BCUT2D eigenvalue weighted by Gasteiger charge is -2.51. The highest BCUT2D eigenvalue weighted by molar-refractivity contribution is 6.76. The average Bonchev–Trinajstić information content (AvgIpc) is 3.47. The molecule has 4 heterocycles. The third kappa shape index (κ3) is 18.9. The van der Waals surface area contributed by atoms with E-state index in [1.54, 1.807) is 0 Å². The molecule has 0 amide bonds. The third-order valence-electron chi connectivity index (χ3n) is 11.7. The van der Waals surface area contributed by atoms with E-state index in [2.05, 4.69) is 0 Å². The number of carbonyl (C=O) groups is 10. The first-order valence-corrected chi connectivity index (χ1v) is 25.4. The van der Waals surface area contributed by atoms with Crippen LogP contribution in [0.3, 0.4) is 0 Å². The SMILES string of the molecule is CC(=O)OCC1OC(OC(=N)C(Cl)(Cl)Cl)C(C)[C@@H](O[C@@H]2OC(C)C(OC(C)=O)[C@H](OC(C)=O)C2OC(C)=O)C1O[C@@H]1OC(COC(C)=O)C(OC(C)=O)[C@H](OC(C)=O)C1OC1OC(C)[C@H](OC(C)=O)C(OC(C)=O)[C@H]1OC(C)=O. The minimum absolute atomic E-state index is 0.758. The van der Waals surface area contributed by atoms with Gasteiger partial charge in [0.25, 0.3) is 3.79 Å². The Balaban J connectivity index is 2.06. The van der Waals surface area contributed by atoms with E-state index in [4.69, 9.17) is 125 Å². The molecule has 4 fully saturated rings. The Bertz CT molecular complexity index is 2250. The summed E-state index contributed by atoms with van der Waals surface area (Å²) in [5.41, 5.74) is 0. The molecule has 20 atom stereocenters. The van der Waals surface area contributed by atoms with E-state index in [1.807, 2.05) is 0 Å². The molecule has 0 saturated carbocycles. The molecular weight excluding hydrogens is 1130 g/mol. The van der Waals surface area contributed by atoms with Crippen LogP contribution in [0.1, 0.15) is 90.0 Å². The Morgan fingerprint density at radius 3 is 1.01 bits per heavy atom. The maximum absolute atomic E-state index is 13.2. The average molecular weight is 1200 g/mol. The van der Waals surface area contributed by atoms with Gasteiger partial charge in [0.15, 0.2) is 73.8 Å². The highest BCUT2D eigenvalue weighted by Crippen LogP contribution is 2.41. The molecule has 0 radical (unpaired) electrons. The second-order valence-electron chi connectivity index (χ2n) is 18.3. The molecule has 0 spiro atoms. The lowest BCUT2D eigenvalue weighted by molar-refractivity contribution is -0.394. The highest BCUT2D eigenvalue weighted by Gasteiger charge is 2.60. The maximum atomic E-state index is 13.2. The first-order valence-electron chi connectivity index (χ1n) is 24.2. The molecule has 0 aromatic heterocycles. The molecule has 0 bridgehead atoms. The topological polar surface area (TPSA) is 361 Å². The fourth-order valence-electron chi connectivity index (χ4n) is 8.81. The normalized spacial score (nSPS) is 34.4. The zero-order valence-electron chi connectivity index (χ0n) is 45.0. The second kappa shape index (κ2) is 29.0. The molecule has 32 heteroatoms. The zero-order valence-corrected chi connectivity index (χ0v) is 47.3. The standard InChI is InChI=1S/C47H64Cl3NO28/c1-16-31(76-43-39(72-27(12)60)36(69-24(9)57)32(17(2)64-43)66-21(6)54)34(29(14-62-19(4)52)74-42(16)79-46(51)47(48,49)50)77-45-41(38(71-26(11)59)35(68-23(8)56)30(75-45)15-63-20(5)53)78-44-40(73-28(13)61)37(70-25(10)58)33(18(3)65-44)67-22(7)55/h16-18,29-45,51H,14-15H2,1-13H3/t16?,17?,18?,29?,30?,31-,32?,33+,34?,35?,36+,37?,38+,39?,40-,41?,42?,43+,44?,45+/m1/s1. The molecule has 0 aromatic carbocycles. The summed E-state index contributed by atoms with van der Waals surface area (Å²) in [6.07, 6.45) is -32.7. The molecule has 4 rings (SSSR count). The molecule has 0 aliphatic carbocycles. The van der Waals surface area contributed by atoms with E-state index in [1.165, 1.54) is 20.8 Å². The Hall–Kier alpha value is -5.24. The van der Waals surface area contributed by atoms with Crippen molar-refractivity contribution < 1.29 is 133 Å². The van der Waals surface area contributed by atoms with Gasteiger partial charge in [0.1, 0.15) is 31.5 Å². The summed E-state index contributed by atoms with van der Waals surface area (Å²) in [6.45, 7) is 12.7. The van der Waals surface area contributed by atoms with Crippen LogP contribution in [0, 0.1) is 11.3 Å². The summed E-state index contributed by atoms with van der Waals surface area (Å²) >= 11 is 18.1. The van der Waals surface area contributed by atoms with E-state index in [0.717, 1.165) is 69.2 Å². The van der Waals surface area contributed by atoms with Crippen molar-refractivity contribution in [1.29, 1.82) is 5.41 Å². The lowest BCUT2D eigenvalue weighted by Crippen LogP contribution is -2.68. The predicted molar refractivity (Wildman–Crippen MR) is 257 cm³/mol. The van der Waals surface area contributed by atoms with Crippen LogP contribution in [0.15, 0.2) is 0 Å². The van der Waals surface area contributed by atoms with Gasteiger partial charge < -0.3 is 85.3 Å². The van der Waals surface area contributed by atoms with Gasteiger partial charge in [-0.15, -0.1) is 0 Å². The van der Waals surface area contributed by atoms with Crippen molar-refractivity contribution in [1.82, 2.24) is 0 Å². The third-order valence-corrected chi connectivity index (χ3v) is 12.2. The summed E-state index contributed by atoms with van der Waals surface area (Å²) in [5.74, 6) is -11.8. The van der Waals surface area contributed by atoms with Gasteiger partial charge in [-0.1, -0.05) is 41.7 Å². The van der Waals surface area contributed by atoms with Gasteiger partial charge in [0.2, 0.25) is 12.2 Å². The van der Waals surface area contributed by atoms with Gasteiger partial charge in [-0.2, -0.15) is 0 Å². The van der Waals surface area contributed by atoms with E-state index < -0.39 is 205 Å². The van der Waals surface area contributed by atoms with Crippen LogP contribution in [-0.4, -0.2) is 199 Å². The number of carbonyl (C=O) groups excluding carboxylic acids is 10. The zero-order chi connectivity index (χ0) is 59.5. The van der Waals surface area contributed by atoms with Crippen molar-refractivity contribution in [3.63, 3.8) is 0 Å². The minimum atomic E-state index is -2.51. The molecule has 0 aromatic rings. The number of hydrogen-bond donors (Lipinski definition) is 1. The number of esters is 10. The van der Waals surface area contributed by atoms with Crippen molar-refractivity contribution >= 4 is 100 Å². The minimum Gasteiger partial charge on any atom is -0.463 e. The number of alkyl halides is 3. The molecule has 4 aliphatic heterocycles. The summed E-state index contributed by atoms with van der Waals surface area (Å²) in [4.78, 5) is 127. The Labute approximate surface area is 467 Å². The van der Waals surface area contributed by atoms with Crippen molar-refractivity contribution in [2.75, 3.05) is 13.2 Å². The molecule has 13 unspecified atom stereocenters. The first-order chi connectivity index (χ1) is 36.7. The Kier molecular flexibility index (Phi) is 24.3. The van der Waals surface area contributed by atoms with E-state index >= 15 is 0 Å². The van der Waals surface area contributed by atoms with Gasteiger partial charge in [-0.05, 0) is 13.8 Å². The van der Waals surface area contributed by atoms with Crippen molar-refractivity contribution in [2.24, 2.45) is 5.92 Å². The number of nitrogens with one attached hydrogen (secondary N) is 1. The van der Waals surface area contributed by atoms with Crippen LogP contribution in [0.4, 0.5) is 0 Å². The second-order valence-corrected chi connectivity index (χ2v) is 20.6. The molecular formula is C47H64Cl3NO28. The summed E-state index contributed by atoms with van der Waals surface area (Å²) in [6, 6.07) is 0. The van der Waals surface area contributed by atoms with Gasteiger partial charge in [0.05, 0.1) is 18.3 Å². The molecule has 1 N–H and O–H groups in total. The van der Waals surface area contributed by atoms with Gasteiger partial charge in [-0.3, -0.25) is 53.4 Å². The lowest BCUT2D eigenvalue weighted by atomic mass is 9.90. The fourth-order valence-corrected chi connectivity index (χ4v) is 8.94. The van der Waals surface area contributed by atoms with Crippen LogP contribution in [0.25, 0.3) is 0 Å². The Morgan fingerprint density at radius 2 is 0.646 bits per heavy atom. The Morgan fingerprint density at radius 1 is 0.354 bits per heavy atom.